The van der Waals surface area contributed by atoms with Gasteiger partial charge < -0.3 is 15.4 Å². The van der Waals surface area contributed by atoms with Crippen molar-refractivity contribution < 1.29 is 14.8 Å². The second-order valence-corrected chi connectivity index (χ2v) is 7.63. The number of carbonyl (C=O) groups is 1. The number of amides is 1. The van der Waals surface area contributed by atoms with Crippen molar-refractivity contribution in [2.24, 2.45) is 0 Å². The van der Waals surface area contributed by atoms with Crippen molar-refractivity contribution >= 4 is 34.5 Å². The Hall–Kier alpha value is -2.34. The smallest absolute Gasteiger partial charge is 0.282 e. The summed E-state index contributed by atoms with van der Waals surface area (Å²) in [5.41, 5.74) is 1.74. The average molecular weight is 402 g/mol. The first-order valence-electron chi connectivity index (χ1n) is 8.66. The van der Waals surface area contributed by atoms with Crippen molar-refractivity contribution in [3.8, 4) is 5.75 Å². The number of rotatable bonds is 7. The Kier molecular flexibility index (Phi) is 6.50. The van der Waals surface area contributed by atoms with Gasteiger partial charge in [0.25, 0.3) is 5.91 Å². The van der Waals surface area contributed by atoms with Crippen LogP contribution in [0.4, 0.5) is 5.69 Å². The van der Waals surface area contributed by atoms with Crippen LogP contribution in [0.2, 0.25) is 5.02 Å². The van der Waals surface area contributed by atoms with Gasteiger partial charge in [0.2, 0.25) is 0 Å². The molecule has 0 bridgehead atoms. The molecule has 1 heterocycles. The zero-order valence-corrected chi connectivity index (χ0v) is 16.8. The molecule has 2 atom stereocenters. The van der Waals surface area contributed by atoms with Gasteiger partial charge in [0.1, 0.15) is 11.8 Å². The van der Waals surface area contributed by atoms with Crippen molar-refractivity contribution in [2.45, 2.75) is 19.0 Å². The Morgan fingerprint density at radius 1 is 1.15 bits per heavy atom. The second kappa shape index (κ2) is 9.04. The van der Waals surface area contributed by atoms with Crippen LogP contribution >= 0.6 is 22.9 Å². The molecular formula is C21H22ClN2O2S+. The lowest BCUT2D eigenvalue weighted by Gasteiger charge is -2.20. The molecule has 0 radical (unpaired) electrons. The zero-order valence-electron chi connectivity index (χ0n) is 15.2. The molecule has 3 aromatic rings. The zero-order chi connectivity index (χ0) is 19.2. The maximum absolute atomic E-state index is 12.8. The third kappa shape index (κ3) is 4.89. The number of hydrogen-bond acceptors (Lipinski definition) is 3. The van der Waals surface area contributed by atoms with Crippen LogP contribution in [0, 0.1) is 0 Å². The standard InChI is InChI=1S/C21H21ClN2O2S/c1-14(21(25)24-17-13-16(22)10-11-18(17)26-2)23-20(19-9-6-12-27-19)15-7-4-3-5-8-15/h3-14,20,23H,1-2H3,(H,24,25)/p+1/t14-,20+/m1/s1. The Morgan fingerprint density at radius 2 is 1.93 bits per heavy atom. The van der Waals surface area contributed by atoms with Crippen molar-refractivity contribution in [3.05, 3.63) is 81.5 Å². The van der Waals surface area contributed by atoms with Crippen molar-refractivity contribution in [2.75, 3.05) is 12.4 Å². The third-order valence-electron chi connectivity index (χ3n) is 4.32. The van der Waals surface area contributed by atoms with Gasteiger partial charge >= 0.3 is 0 Å². The van der Waals surface area contributed by atoms with Crippen LogP contribution < -0.4 is 15.4 Å². The fourth-order valence-electron chi connectivity index (χ4n) is 2.90. The summed E-state index contributed by atoms with van der Waals surface area (Å²) in [6, 6.07) is 19.3. The van der Waals surface area contributed by atoms with E-state index in [4.69, 9.17) is 16.3 Å². The minimum Gasteiger partial charge on any atom is -0.495 e. The highest BCUT2D eigenvalue weighted by molar-refractivity contribution is 7.10. The highest BCUT2D eigenvalue weighted by Crippen LogP contribution is 2.28. The van der Waals surface area contributed by atoms with E-state index in [1.54, 1.807) is 36.6 Å². The number of benzene rings is 2. The van der Waals surface area contributed by atoms with Gasteiger partial charge in [-0.05, 0) is 36.6 Å². The summed E-state index contributed by atoms with van der Waals surface area (Å²) in [4.78, 5) is 14.0. The van der Waals surface area contributed by atoms with Crippen LogP contribution in [0.25, 0.3) is 0 Å². The molecule has 0 spiro atoms. The minimum atomic E-state index is -0.305. The first-order chi connectivity index (χ1) is 13.1. The summed E-state index contributed by atoms with van der Waals surface area (Å²) < 4.78 is 5.31. The number of methoxy groups -OCH3 is 1. The summed E-state index contributed by atoms with van der Waals surface area (Å²) in [7, 11) is 1.57. The molecule has 1 aromatic heterocycles. The summed E-state index contributed by atoms with van der Waals surface area (Å²) in [5.74, 6) is 0.478. The molecule has 27 heavy (non-hydrogen) atoms. The van der Waals surface area contributed by atoms with Gasteiger partial charge in [0.05, 0.1) is 17.7 Å². The number of halogens is 1. The Morgan fingerprint density at radius 3 is 2.59 bits per heavy atom. The molecule has 6 heteroatoms. The van der Waals surface area contributed by atoms with E-state index in [0.717, 1.165) is 0 Å². The summed E-state index contributed by atoms with van der Waals surface area (Å²) in [6.45, 7) is 1.90. The molecule has 0 saturated carbocycles. The maximum Gasteiger partial charge on any atom is 0.282 e. The molecule has 0 saturated heterocycles. The van der Waals surface area contributed by atoms with Crippen LogP contribution in [0.5, 0.6) is 5.75 Å². The first kappa shape index (κ1) is 19.4. The van der Waals surface area contributed by atoms with E-state index in [9.17, 15) is 4.79 Å². The van der Waals surface area contributed by atoms with Crippen LogP contribution in [-0.2, 0) is 4.79 Å². The summed E-state index contributed by atoms with van der Waals surface area (Å²) in [5, 5.41) is 7.61. The molecule has 2 aromatic carbocycles. The third-order valence-corrected chi connectivity index (χ3v) is 5.51. The van der Waals surface area contributed by atoms with Gasteiger partial charge in [0.15, 0.2) is 6.04 Å². The van der Waals surface area contributed by atoms with Crippen molar-refractivity contribution in [1.29, 1.82) is 0 Å². The van der Waals surface area contributed by atoms with Gasteiger partial charge in [-0.1, -0.05) is 48.0 Å². The second-order valence-electron chi connectivity index (χ2n) is 6.22. The quantitative estimate of drug-likeness (QED) is 0.626. The van der Waals surface area contributed by atoms with E-state index >= 15 is 0 Å². The number of nitrogens with one attached hydrogen (secondary N) is 1. The summed E-state index contributed by atoms with van der Waals surface area (Å²) in [6.07, 6.45) is 0. The van der Waals surface area contributed by atoms with Crippen molar-refractivity contribution in [1.82, 2.24) is 0 Å². The predicted molar refractivity (Wildman–Crippen MR) is 111 cm³/mol. The highest BCUT2D eigenvalue weighted by atomic mass is 35.5. The maximum atomic E-state index is 12.8. The van der Waals surface area contributed by atoms with Gasteiger partial charge in [0, 0.05) is 10.6 Å². The molecule has 0 fully saturated rings. The molecular weight excluding hydrogens is 380 g/mol. The lowest BCUT2D eigenvalue weighted by Crippen LogP contribution is -2.92. The SMILES string of the molecule is COc1ccc(Cl)cc1NC(=O)[C@@H](C)[NH2+][C@@H](c1ccccc1)c1cccs1. The normalized spacial score (nSPS) is 13.0. The largest absolute Gasteiger partial charge is 0.495 e. The average Bonchev–Trinajstić information content (AvgIpc) is 3.21. The first-order valence-corrected chi connectivity index (χ1v) is 9.92. The van der Waals surface area contributed by atoms with E-state index in [0.29, 0.717) is 16.5 Å². The fraction of sp³-hybridized carbons (Fsp3) is 0.190. The van der Waals surface area contributed by atoms with E-state index in [2.05, 4.69) is 34.2 Å². The van der Waals surface area contributed by atoms with Crippen LogP contribution in [-0.4, -0.2) is 19.1 Å². The fourth-order valence-corrected chi connectivity index (χ4v) is 3.90. The van der Waals surface area contributed by atoms with Crippen LogP contribution in [0.3, 0.4) is 0 Å². The molecule has 4 nitrogen and oxygen atoms in total. The van der Waals surface area contributed by atoms with E-state index in [1.165, 1.54) is 10.4 Å². The number of hydrogen-bond donors (Lipinski definition) is 2. The Bertz CT molecular complexity index is 884. The van der Waals surface area contributed by atoms with Crippen LogP contribution in [0.15, 0.2) is 66.0 Å². The van der Waals surface area contributed by atoms with Gasteiger partial charge in [-0.3, -0.25) is 4.79 Å². The number of nitrogens with two attached hydrogens (primary N) is 1. The number of thiophene rings is 1. The molecule has 140 valence electrons. The van der Waals surface area contributed by atoms with E-state index < -0.39 is 0 Å². The van der Waals surface area contributed by atoms with Gasteiger partial charge in [-0.15, -0.1) is 11.3 Å². The number of ether oxygens (including phenoxy) is 1. The number of carbonyl (C=O) groups excluding carboxylic acids is 1. The molecule has 0 aliphatic carbocycles. The minimum absolute atomic E-state index is 0.0632. The Balaban J connectivity index is 1.77. The summed E-state index contributed by atoms with van der Waals surface area (Å²) >= 11 is 7.75. The van der Waals surface area contributed by atoms with Gasteiger partial charge in [-0.2, -0.15) is 0 Å². The van der Waals surface area contributed by atoms with Gasteiger partial charge in [-0.25, -0.2) is 0 Å². The molecule has 3 rings (SSSR count). The molecule has 1 amide bonds. The number of quaternary nitrogens is 1. The molecule has 0 aliphatic rings. The predicted octanol–water partition coefficient (Wildman–Crippen LogP) is 4.09. The van der Waals surface area contributed by atoms with E-state index in [-0.39, 0.29) is 18.0 Å². The van der Waals surface area contributed by atoms with E-state index in [1.807, 2.05) is 31.2 Å². The molecule has 3 N–H and O–H groups in total. The monoisotopic (exact) mass is 401 g/mol. The van der Waals surface area contributed by atoms with Crippen molar-refractivity contribution in [3.63, 3.8) is 0 Å². The lowest BCUT2D eigenvalue weighted by atomic mass is 10.0. The highest BCUT2D eigenvalue weighted by Gasteiger charge is 2.26. The number of anilines is 1. The lowest BCUT2D eigenvalue weighted by molar-refractivity contribution is -0.703. The topological polar surface area (TPSA) is 54.9 Å². The molecule has 0 aliphatic heterocycles. The van der Waals surface area contributed by atoms with Crippen LogP contribution in [0.1, 0.15) is 23.4 Å². The Labute approximate surface area is 168 Å². The molecule has 0 unspecified atom stereocenters.